The SMILES string of the molecule is CC[C@H](C)[C@H](NC(=O)[C@H](C)NC(=O)CNC(=O)CNC(=O)CNC(=O)CCCC[C@@H]1SC[C@@H]2NC(=O)N[C@@H]21)C(=O)NCC(=O)NCC(=O)N[C@H](C(=O)N1CCC[C@H]1C(=O)N1CCC[C@H]1C(=O)N[C@@H](C)C(=O)N[C@@H](Cc1ccccc1)C(=O)N[C@@H](CC(N)=O)C(N)=O)[C@@H](C)OP(=O)(O)O. The van der Waals surface area contributed by atoms with E-state index in [2.05, 4.69) is 69.1 Å². The Kier molecular flexibility index (Phi) is 31.1. The number of unbranched alkanes of at least 4 members (excludes halogenated alkanes) is 1. The maximum atomic E-state index is 14.4. The first-order valence-electron chi connectivity index (χ1n) is 32.0. The van der Waals surface area contributed by atoms with Crippen molar-refractivity contribution in [3.8, 4) is 0 Å². The molecule has 39 heteroatoms. The second kappa shape index (κ2) is 38.2. The van der Waals surface area contributed by atoms with Crippen LogP contribution in [0.1, 0.15) is 104 Å². The molecule has 4 fully saturated rings. The first-order chi connectivity index (χ1) is 46.2. The van der Waals surface area contributed by atoms with Gasteiger partial charge in [-0.3, -0.25) is 76.4 Å². The Hall–Kier alpha value is -9.00. The predicted octanol–water partition coefficient (Wildman–Crippen LogP) is -6.63. The third-order valence-electron chi connectivity index (χ3n) is 16.6. The van der Waals surface area contributed by atoms with E-state index in [9.17, 15) is 91.1 Å². The van der Waals surface area contributed by atoms with Crippen LogP contribution in [0.15, 0.2) is 30.3 Å². The van der Waals surface area contributed by atoms with Gasteiger partial charge in [-0.1, -0.05) is 57.0 Å². The number of fused-ring (bicyclic) bond motifs is 1. The van der Waals surface area contributed by atoms with Crippen molar-refractivity contribution in [1.29, 1.82) is 0 Å². The van der Waals surface area contributed by atoms with Crippen molar-refractivity contribution in [3.63, 3.8) is 0 Å². The summed E-state index contributed by atoms with van der Waals surface area (Å²) in [7, 11) is -5.35. The molecule has 0 saturated carbocycles. The number of nitrogens with one attached hydrogen (secondary N) is 13. The first-order valence-corrected chi connectivity index (χ1v) is 34.6. The summed E-state index contributed by atoms with van der Waals surface area (Å²) in [5.74, 6) is -12.3. The number of carbonyl (C=O) groups is 16. The number of thioether (sulfide) groups is 1. The minimum Gasteiger partial charge on any atom is -0.370 e. The largest absolute Gasteiger partial charge is 0.469 e. The highest BCUT2D eigenvalue weighted by molar-refractivity contribution is 8.00. The van der Waals surface area contributed by atoms with E-state index in [4.69, 9.17) is 16.0 Å². The molecule has 4 saturated heterocycles. The Morgan fingerprint density at radius 3 is 1.79 bits per heavy atom. The minimum atomic E-state index is -5.35. The lowest BCUT2D eigenvalue weighted by Gasteiger charge is -2.34. The maximum Gasteiger partial charge on any atom is 0.469 e. The van der Waals surface area contributed by atoms with Crippen molar-refractivity contribution in [2.75, 3.05) is 51.6 Å². The summed E-state index contributed by atoms with van der Waals surface area (Å²) in [5.41, 5.74) is 11.2. The van der Waals surface area contributed by atoms with E-state index in [1.54, 1.807) is 55.9 Å². The standard InChI is InChI=1S/C59H90N17O20PS/c1-6-30(2)48(73-53(86)31(3)67-46(82)27-64-44(80)25-63-43(79)24-62-42(78)19-11-10-18-40-50-37(29-98-40)71-59(92)74-50)56(89)66-26-45(81)65-28-47(83)72-49(33(5)96-97(93,94)95)58(91)76-21-13-17-39(76)57(90)75-20-12-16-38(75)55(88)68-32(4)52(85)70-36(22-34-14-8-7-9-15-34)54(87)69-35(51(61)84)23-41(60)77/h7-9,14-15,30-33,35-40,48-50H,6,10-13,16-29H2,1-5H3,(H2,60,77)(H2,61,84)(H,62,78)(H,63,79)(H,64,80)(H,65,81)(H,66,89)(H,67,82)(H,68,88)(H,69,87)(H,70,85)(H,72,83)(H,73,86)(H2,71,74,92)(H2,93,94,95)/t30-,31-,32-,33+,35-,36-,37-,38-,39-,40-,48-,49-,50-/m0/s1. The smallest absolute Gasteiger partial charge is 0.370 e. The lowest BCUT2D eigenvalue weighted by molar-refractivity contribution is -0.149. The molecule has 0 unspecified atom stereocenters. The zero-order valence-electron chi connectivity index (χ0n) is 55.0. The zero-order chi connectivity index (χ0) is 72.6. The third-order valence-corrected chi connectivity index (χ3v) is 18.7. The fourth-order valence-electron chi connectivity index (χ4n) is 11.2. The summed E-state index contributed by atoms with van der Waals surface area (Å²) in [4.78, 5) is 229. The summed E-state index contributed by atoms with van der Waals surface area (Å²) in [6, 6.07) is -2.65. The van der Waals surface area contributed by atoms with Crippen molar-refractivity contribution < 1.29 is 95.6 Å². The molecule has 17 amide bonds. The van der Waals surface area contributed by atoms with Crippen LogP contribution in [0, 0.1) is 5.92 Å². The van der Waals surface area contributed by atoms with Gasteiger partial charge in [0.15, 0.2) is 0 Å². The highest BCUT2D eigenvalue weighted by atomic mass is 32.2. The van der Waals surface area contributed by atoms with Crippen LogP contribution in [0.2, 0.25) is 0 Å². The Labute approximate surface area is 568 Å². The number of rotatable bonds is 38. The van der Waals surface area contributed by atoms with Crippen molar-refractivity contribution in [2.45, 2.75) is 177 Å². The van der Waals surface area contributed by atoms with Crippen LogP contribution in [0.4, 0.5) is 4.79 Å². The topological polar surface area (TPSA) is 555 Å². The number of likely N-dealkylation sites (tertiary alicyclic amines) is 2. The van der Waals surface area contributed by atoms with E-state index in [1.807, 2.05) is 0 Å². The van der Waals surface area contributed by atoms with Crippen LogP contribution in [0.5, 0.6) is 0 Å². The molecule has 13 atom stereocenters. The summed E-state index contributed by atoms with van der Waals surface area (Å²) < 4.78 is 16.8. The molecule has 1 aromatic carbocycles. The van der Waals surface area contributed by atoms with Gasteiger partial charge in [0.25, 0.3) is 0 Å². The van der Waals surface area contributed by atoms with Crippen molar-refractivity contribution >= 4 is 114 Å². The fraction of sp³-hybridized carbons (Fsp3) is 0.627. The van der Waals surface area contributed by atoms with Crippen LogP contribution in [-0.4, -0.2) is 238 Å². The van der Waals surface area contributed by atoms with E-state index in [-0.39, 0.29) is 74.5 Å². The average Bonchev–Trinajstić information content (AvgIpc) is 1.63. The number of carbonyl (C=O) groups excluding carboxylic acids is 16. The number of benzene rings is 1. The first kappa shape index (κ1) is 79.7. The molecule has 0 aromatic heterocycles. The van der Waals surface area contributed by atoms with Gasteiger partial charge in [-0.15, -0.1) is 0 Å². The summed E-state index contributed by atoms with van der Waals surface area (Å²) >= 11 is 1.77. The van der Waals surface area contributed by atoms with Crippen molar-refractivity contribution in [1.82, 2.24) is 78.9 Å². The molecule has 98 heavy (non-hydrogen) atoms. The van der Waals surface area contributed by atoms with Gasteiger partial charge in [-0.2, -0.15) is 11.8 Å². The molecular weight excluding hydrogens is 1330 g/mol. The Morgan fingerprint density at radius 1 is 0.633 bits per heavy atom. The van der Waals surface area contributed by atoms with Crippen LogP contribution >= 0.6 is 19.6 Å². The van der Waals surface area contributed by atoms with Gasteiger partial charge < -0.3 is 100 Å². The second-order valence-electron chi connectivity index (χ2n) is 24.2. The molecule has 542 valence electrons. The molecule has 37 nitrogen and oxygen atoms in total. The molecular formula is C59H90N17O20PS. The van der Waals surface area contributed by atoms with E-state index in [0.29, 0.717) is 24.8 Å². The molecule has 4 aliphatic heterocycles. The molecule has 0 spiro atoms. The fourth-order valence-corrected chi connectivity index (χ4v) is 13.2. The number of primary amides is 2. The molecule has 1 aromatic rings. The van der Waals surface area contributed by atoms with Crippen molar-refractivity contribution in [3.05, 3.63) is 35.9 Å². The highest BCUT2D eigenvalue weighted by Gasteiger charge is 2.46. The van der Waals surface area contributed by atoms with Gasteiger partial charge in [0.1, 0.15) is 48.3 Å². The quantitative estimate of drug-likeness (QED) is 0.0166. The number of hydrogen-bond acceptors (Lipinski definition) is 19. The highest BCUT2D eigenvalue weighted by Crippen LogP contribution is 2.39. The Morgan fingerprint density at radius 2 is 1.18 bits per heavy atom. The van der Waals surface area contributed by atoms with Gasteiger partial charge in [0.2, 0.25) is 88.6 Å². The third kappa shape index (κ3) is 25.5. The molecule has 0 radical (unpaired) electrons. The molecule has 0 aliphatic carbocycles. The lowest BCUT2D eigenvalue weighted by atomic mass is 9.98. The number of phosphoric ester groups is 1. The Bertz CT molecular complexity index is 3170. The predicted molar refractivity (Wildman–Crippen MR) is 347 cm³/mol. The summed E-state index contributed by atoms with van der Waals surface area (Å²) in [5, 5.41) is 32.3. The molecule has 5 rings (SSSR count). The average molecular weight is 1420 g/mol. The zero-order valence-corrected chi connectivity index (χ0v) is 56.7. The normalized spacial score (nSPS) is 20.2. The van der Waals surface area contributed by atoms with Crippen molar-refractivity contribution in [2.24, 2.45) is 17.4 Å². The lowest BCUT2D eigenvalue weighted by Crippen LogP contribution is -2.60. The maximum absolute atomic E-state index is 14.4. The van der Waals surface area contributed by atoms with Crippen LogP contribution < -0.4 is 80.6 Å². The second-order valence-corrected chi connectivity index (χ2v) is 26.7. The molecule has 0 bridgehead atoms. The molecule has 4 aliphatic rings. The van der Waals surface area contributed by atoms with E-state index >= 15 is 0 Å². The molecule has 19 N–H and O–H groups in total. The van der Waals surface area contributed by atoms with Gasteiger partial charge in [0, 0.05) is 36.9 Å². The monoisotopic (exact) mass is 1420 g/mol. The van der Waals surface area contributed by atoms with E-state index < -0.39 is 190 Å². The molecule has 4 heterocycles. The number of urea groups is 1. The van der Waals surface area contributed by atoms with Gasteiger partial charge >= 0.3 is 13.9 Å². The van der Waals surface area contributed by atoms with Gasteiger partial charge in [-0.05, 0) is 70.8 Å². The van der Waals surface area contributed by atoms with E-state index in [1.165, 1.54) is 18.7 Å². The van der Waals surface area contributed by atoms with Gasteiger partial charge in [0.05, 0.1) is 57.3 Å². The van der Waals surface area contributed by atoms with E-state index in [0.717, 1.165) is 30.4 Å². The Balaban J connectivity index is 1.06. The van der Waals surface area contributed by atoms with Gasteiger partial charge in [-0.25, -0.2) is 9.36 Å². The van der Waals surface area contributed by atoms with Crippen LogP contribution in [0.3, 0.4) is 0 Å². The number of amides is 17. The van der Waals surface area contributed by atoms with Crippen LogP contribution in [-0.2, 0) is 87.4 Å². The summed E-state index contributed by atoms with van der Waals surface area (Å²) in [6.45, 7) is 3.77. The minimum absolute atomic E-state index is 0.0292. The number of nitrogens with zero attached hydrogens (tertiary/aromatic N) is 2. The van der Waals surface area contributed by atoms with Crippen LogP contribution in [0.25, 0.3) is 0 Å². The number of phosphoric acid groups is 1. The summed E-state index contributed by atoms with van der Waals surface area (Å²) in [6.07, 6.45) is 0.869. The number of nitrogens with two attached hydrogens (primary N) is 2. The number of hydrogen-bond donors (Lipinski definition) is 17.